The molecule has 0 saturated heterocycles. The molecule has 7 nitrogen and oxygen atoms in total. The summed E-state index contributed by atoms with van der Waals surface area (Å²) in [6, 6.07) is 9.95. The highest BCUT2D eigenvalue weighted by Gasteiger charge is 2.15. The van der Waals surface area contributed by atoms with E-state index in [1.807, 2.05) is 0 Å². The summed E-state index contributed by atoms with van der Waals surface area (Å²) in [5.74, 6) is -1.37. The number of amides is 1. The summed E-state index contributed by atoms with van der Waals surface area (Å²) in [6.07, 6.45) is 5.87. The highest BCUT2D eigenvalue weighted by Crippen LogP contribution is 2.40. The van der Waals surface area contributed by atoms with Crippen LogP contribution in [0.25, 0.3) is 18.2 Å². The Kier molecular flexibility index (Phi) is 8.51. The Bertz CT molecular complexity index is 1290. The first-order valence-corrected chi connectivity index (χ1v) is 10.6. The molecule has 3 aromatic rings. The highest BCUT2D eigenvalue weighted by atomic mass is 19.2. The van der Waals surface area contributed by atoms with Crippen molar-refractivity contribution in [2.75, 3.05) is 33.8 Å². The summed E-state index contributed by atoms with van der Waals surface area (Å²) >= 11 is 0. The SMILES string of the molecule is COc1ccc(/C=C\c2cc(OC)c(OC)c(OC)c2)c(NC(=O)/C=C/c2ccc(F)c(F)c2)c1O. The molecule has 188 valence electrons. The van der Waals surface area contributed by atoms with E-state index >= 15 is 0 Å². The first-order chi connectivity index (χ1) is 17.3. The molecule has 0 fully saturated rings. The van der Waals surface area contributed by atoms with Gasteiger partial charge in [0.15, 0.2) is 34.6 Å². The van der Waals surface area contributed by atoms with Gasteiger partial charge in [0.05, 0.1) is 34.1 Å². The Balaban J connectivity index is 1.92. The molecule has 0 aromatic heterocycles. The predicted molar refractivity (Wildman–Crippen MR) is 134 cm³/mol. The van der Waals surface area contributed by atoms with Crippen molar-refractivity contribution < 1.29 is 37.6 Å². The first kappa shape index (κ1) is 26.1. The van der Waals surface area contributed by atoms with Crippen LogP contribution in [-0.4, -0.2) is 39.5 Å². The lowest BCUT2D eigenvalue weighted by Crippen LogP contribution is -2.09. The lowest BCUT2D eigenvalue weighted by atomic mass is 10.1. The third kappa shape index (κ3) is 5.93. The smallest absolute Gasteiger partial charge is 0.248 e. The Hall–Kier alpha value is -4.53. The minimum Gasteiger partial charge on any atom is -0.503 e. The van der Waals surface area contributed by atoms with Crippen LogP contribution in [0.1, 0.15) is 16.7 Å². The third-order valence-corrected chi connectivity index (χ3v) is 5.15. The van der Waals surface area contributed by atoms with Crippen LogP contribution in [0.3, 0.4) is 0 Å². The van der Waals surface area contributed by atoms with Gasteiger partial charge in [0.25, 0.3) is 0 Å². The zero-order chi connectivity index (χ0) is 26.2. The fourth-order valence-electron chi connectivity index (χ4n) is 3.36. The van der Waals surface area contributed by atoms with Crippen molar-refractivity contribution in [3.05, 3.63) is 76.9 Å². The highest BCUT2D eigenvalue weighted by molar-refractivity contribution is 6.04. The van der Waals surface area contributed by atoms with Gasteiger partial charge in [-0.05, 0) is 53.6 Å². The van der Waals surface area contributed by atoms with E-state index in [-0.39, 0.29) is 17.2 Å². The topological polar surface area (TPSA) is 86.3 Å². The molecule has 1 amide bonds. The van der Waals surface area contributed by atoms with Crippen LogP contribution in [0.15, 0.2) is 48.5 Å². The number of ether oxygens (including phenoxy) is 4. The maximum atomic E-state index is 13.4. The maximum Gasteiger partial charge on any atom is 0.248 e. The number of carbonyl (C=O) groups is 1. The molecule has 9 heteroatoms. The monoisotopic (exact) mass is 497 g/mol. The summed E-state index contributed by atoms with van der Waals surface area (Å²) in [4.78, 5) is 12.6. The number of methoxy groups -OCH3 is 4. The van der Waals surface area contributed by atoms with Gasteiger partial charge in [0.2, 0.25) is 11.7 Å². The van der Waals surface area contributed by atoms with E-state index in [0.29, 0.717) is 33.9 Å². The molecular weight excluding hydrogens is 472 g/mol. The van der Waals surface area contributed by atoms with Crippen LogP contribution in [0.5, 0.6) is 28.7 Å². The molecule has 0 aliphatic carbocycles. The van der Waals surface area contributed by atoms with E-state index in [1.165, 1.54) is 40.6 Å². The lowest BCUT2D eigenvalue weighted by Gasteiger charge is -2.14. The number of carbonyl (C=O) groups excluding carboxylic acids is 1. The van der Waals surface area contributed by atoms with Gasteiger partial charge < -0.3 is 29.4 Å². The van der Waals surface area contributed by atoms with Gasteiger partial charge >= 0.3 is 0 Å². The Morgan fingerprint density at radius 3 is 2.03 bits per heavy atom. The van der Waals surface area contributed by atoms with Crippen molar-refractivity contribution in [1.82, 2.24) is 0 Å². The van der Waals surface area contributed by atoms with E-state index < -0.39 is 17.5 Å². The van der Waals surface area contributed by atoms with Crippen LogP contribution < -0.4 is 24.3 Å². The number of hydrogen-bond donors (Lipinski definition) is 2. The normalized spacial score (nSPS) is 11.1. The number of phenolic OH excluding ortho intramolecular Hbond substituents is 1. The molecule has 0 aliphatic heterocycles. The first-order valence-electron chi connectivity index (χ1n) is 10.6. The number of hydrogen-bond acceptors (Lipinski definition) is 6. The Morgan fingerprint density at radius 1 is 0.778 bits per heavy atom. The van der Waals surface area contributed by atoms with Crippen molar-refractivity contribution in [3.63, 3.8) is 0 Å². The summed E-state index contributed by atoms with van der Waals surface area (Å²) < 4.78 is 47.8. The molecule has 0 unspecified atom stereocenters. The second-order valence-electron chi connectivity index (χ2n) is 7.37. The Labute approximate surface area is 207 Å². The summed E-state index contributed by atoms with van der Waals surface area (Å²) in [5.41, 5.74) is 1.56. The minimum atomic E-state index is -1.03. The van der Waals surface area contributed by atoms with Crippen LogP contribution in [0.4, 0.5) is 14.5 Å². The lowest BCUT2D eigenvalue weighted by molar-refractivity contribution is -0.111. The van der Waals surface area contributed by atoms with Gasteiger partial charge in [0.1, 0.15) is 0 Å². The van der Waals surface area contributed by atoms with E-state index in [0.717, 1.165) is 18.2 Å². The fourth-order valence-corrected chi connectivity index (χ4v) is 3.36. The van der Waals surface area contributed by atoms with Crippen LogP contribution >= 0.6 is 0 Å². The zero-order valence-electron chi connectivity index (χ0n) is 20.1. The molecule has 3 aromatic carbocycles. The van der Waals surface area contributed by atoms with E-state index in [4.69, 9.17) is 18.9 Å². The molecule has 36 heavy (non-hydrogen) atoms. The Morgan fingerprint density at radius 2 is 1.44 bits per heavy atom. The van der Waals surface area contributed by atoms with Crippen LogP contribution in [0, 0.1) is 11.6 Å². The minimum absolute atomic E-state index is 0.0954. The molecule has 0 saturated carbocycles. The molecule has 0 atom stereocenters. The summed E-state index contributed by atoms with van der Waals surface area (Å²) in [5, 5.41) is 13.3. The van der Waals surface area contributed by atoms with Crippen molar-refractivity contribution >= 4 is 29.8 Å². The number of aromatic hydroxyl groups is 1. The van der Waals surface area contributed by atoms with Crippen molar-refractivity contribution in [2.24, 2.45) is 0 Å². The second kappa shape index (κ2) is 11.7. The van der Waals surface area contributed by atoms with E-state index in [1.54, 1.807) is 36.4 Å². The largest absolute Gasteiger partial charge is 0.503 e. The quantitative estimate of drug-likeness (QED) is 0.230. The van der Waals surface area contributed by atoms with Gasteiger partial charge in [-0.2, -0.15) is 0 Å². The molecule has 0 heterocycles. The number of benzene rings is 3. The number of phenols is 1. The number of nitrogens with one attached hydrogen (secondary N) is 1. The van der Waals surface area contributed by atoms with E-state index in [2.05, 4.69) is 5.32 Å². The molecule has 2 N–H and O–H groups in total. The molecule has 0 spiro atoms. The van der Waals surface area contributed by atoms with Crippen LogP contribution in [-0.2, 0) is 4.79 Å². The molecular formula is C27H25F2NO6. The van der Waals surface area contributed by atoms with Gasteiger partial charge in [-0.25, -0.2) is 8.78 Å². The fraction of sp³-hybridized carbons (Fsp3) is 0.148. The molecule has 0 bridgehead atoms. The average molecular weight is 497 g/mol. The molecule has 0 aliphatic rings. The van der Waals surface area contributed by atoms with Gasteiger partial charge in [-0.1, -0.05) is 18.2 Å². The standard InChI is InChI=1S/C27H25F2NO6/c1-33-21-11-9-18(8-5-17-14-22(34-2)27(36-4)23(15-17)35-3)25(26(21)32)30-24(31)12-7-16-6-10-19(28)20(29)13-16/h5-15,32H,1-4H3,(H,30,31)/b8-5-,12-7+. The van der Waals surface area contributed by atoms with Gasteiger partial charge in [-0.3, -0.25) is 4.79 Å². The molecule has 0 radical (unpaired) electrons. The van der Waals surface area contributed by atoms with Gasteiger partial charge in [0, 0.05) is 11.6 Å². The zero-order valence-corrected chi connectivity index (χ0v) is 20.1. The average Bonchev–Trinajstić information content (AvgIpc) is 2.88. The van der Waals surface area contributed by atoms with E-state index in [9.17, 15) is 18.7 Å². The number of halogens is 2. The predicted octanol–water partition coefficient (Wildman–Crippen LogP) is 5.53. The summed E-state index contributed by atoms with van der Waals surface area (Å²) in [7, 11) is 5.91. The van der Waals surface area contributed by atoms with Gasteiger partial charge in [-0.15, -0.1) is 0 Å². The third-order valence-electron chi connectivity index (χ3n) is 5.15. The van der Waals surface area contributed by atoms with Crippen molar-refractivity contribution in [3.8, 4) is 28.7 Å². The number of rotatable bonds is 9. The van der Waals surface area contributed by atoms with Crippen LogP contribution in [0.2, 0.25) is 0 Å². The molecule has 3 rings (SSSR count). The second-order valence-corrected chi connectivity index (χ2v) is 7.37. The summed E-state index contributed by atoms with van der Waals surface area (Å²) in [6.45, 7) is 0. The maximum absolute atomic E-state index is 13.4. The van der Waals surface area contributed by atoms with Crippen molar-refractivity contribution in [1.29, 1.82) is 0 Å². The van der Waals surface area contributed by atoms with Crippen molar-refractivity contribution in [2.45, 2.75) is 0 Å². The number of anilines is 1.